The van der Waals surface area contributed by atoms with Crippen LogP contribution >= 0.6 is 9.24 Å². The van der Waals surface area contributed by atoms with Crippen molar-refractivity contribution in [3.63, 3.8) is 0 Å². The number of hydrogen-bond acceptors (Lipinski definition) is 7. The minimum atomic E-state index is -0.300. The predicted octanol–water partition coefficient (Wildman–Crippen LogP) is 5.18. The van der Waals surface area contributed by atoms with Crippen LogP contribution in [0.3, 0.4) is 0 Å². The SMILES string of the molecule is CCCC(CNc1nc(OC)nc2c(P)c(-c3cc(O)cc4ccc(F)c(CC)c34)ncc12)C(C)=O. The first-order valence-electron chi connectivity index (χ1n) is 12.0. The molecule has 2 aromatic heterocycles. The molecule has 0 aliphatic heterocycles. The summed E-state index contributed by atoms with van der Waals surface area (Å²) in [5.41, 5.74) is 2.30. The van der Waals surface area contributed by atoms with Crippen LogP contribution in [0.2, 0.25) is 0 Å². The van der Waals surface area contributed by atoms with Crippen LogP contribution in [-0.2, 0) is 11.2 Å². The summed E-state index contributed by atoms with van der Waals surface area (Å²) in [6.45, 7) is 5.98. The van der Waals surface area contributed by atoms with Gasteiger partial charge in [-0.25, -0.2) is 4.39 Å². The third kappa shape index (κ3) is 4.82. The van der Waals surface area contributed by atoms with Gasteiger partial charge in [0.15, 0.2) is 0 Å². The highest BCUT2D eigenvalue weighted by molar-refractivity contribution is 7.28. The predicted molar refractivity (Wildman–Crippen MR) is 145 cm³/mol. The molecule has 0 spiro atoms. The molecule has 2 heterocycles. The van der Waals surface area contributed by atoms with Gasteiger partial charge in [-0.1, -0.05) is 26.3 Å². The topological polar surface area (TPSA) is 97.2 Å². The van der Waals surface area contributed by atoms with Crippen LogP contribution in [0.1, 0.15) is 39.2 Å². The molecular weight excluding hydrogens is 478 g/mol. The average molecular weight is 509 g/mol. The molecule has 0 bridgehead atoms. The summed E-state index contributed by atoms with van der Waals surface area (Å²) < 4.78 is 20.1. The van der Waals surface area contributed by atoms with E-state index in [4.69, 9.17) is 9.72 Å². The first-order chi connectivity index (χ1) is 17.3. The van der Waals surface area contributed by atoms with Crippen LogP contribution in [0.4, 0.5) is 10.2 Å². The van der Waals surface area contributed by atoms with Crippen LogP contribution in [0.25, 0.3) is 32.9 Å². The number of carbonyl (C=O) groups is 1. The zero-order valence-corrected chi connectivity index (χ0v) is 22.0. The molecule has 0 saturated heterocycles. The Hall–Kier alpha value is -3.38. The molecule has 0 radical (unpaired) electrons. The van der Waals surface area contributed by atoms with E-state index in [0.717, 1.165) is 18.2 Å². The van der Waals surface area contributed by atoms with E-state index in [1.807, 2.05) is 13.8 Å². The lowest BCUT2D eigenvalue weighted by Gasteiger charge is -2.17. The third-order valence-electron chi connectivity index (χ3n) is 6.43. The maximum Gasteiger partial charge on any atom is 0.318 e. The lowest BCUT2D eigenvalue weighted by Crippen LogP contribution is -2.22. The van der Waals surface area contributed by atoms with E-state index in [9.17, 15) is 14.3 Å². The summed E-state index contributed by atoms with van der Waals surface area (Å²) in [6.07, 6.45) is 3.82. The highest BCUT2D eigenvalue weighted by Gasteiger charge is 2.20. The number of hydrogen-bond donors (Lipinski definition) is 2. The van der Waals surface area contributed by atoms with Crippen molar-refractivity contribution < 1.29 is 19.0 Å². The quantitative estimate of drug-likeness (QED) is 0.301. The number of ether oxygens (including phenoxy) is 1. The highest BCUT2D eigenvalue weighted by Crippen LogP contribution is 2.36. The molecule has 9 heteroatoms. The number of aryl methyl sites for hydroxylation is 1. The van der Waals surface area contributed by atoms with Gasteiger partial charge < -0.3 is 15.2 Å². The zero-order chi connectivity index (χ0) is 26.0. The van der Waals surface area contributed by atoms with Gasteiger partial charge in [-0.15, -0.1) is 9.24 Å². The molecule has 2 atom stereocenters. The first kappa shape index (κ1) is 25.7. The number of halogens is 1. The van der Waals surface area contributed by atoms with Crippen LogP contribution in [0, 0.1) is 11.7 Å². The van der Waals surface area contributed by atoms with Gasteiger partial charge in [-0.05, 0) is 54.3 Å². The number of phenolic OH excluding ortho intramolecular Hbond substituents is 1. The summed E-state index contributed by atoms with van der Waals surface area (Å²) in [5, 5.41) is 16.5. The lowest BCUT2D eigenvalue weighted by atomic mass is 9.94. The van der Waals surface area contributed by atoms with Gasteiger partial charge >= 0.3 is 6.01 Å². The van der Waals surface area contributed by atoms with Crippen molar-refractivity contribution in [1.82, 2.24) is 15.0 Å². The first-order valence-corrected chi connectivity index (χ1v) is 12.6. The van der Waals surface area contributed by atoms with E-state index in [1.54, 1.807) is 31.3 Å². The lowest BCUT2D eigenvalue weighted by molar-refractivity contribution is -0.120. The van der Waals surface area contributed by atoms with Crippen LogP contribution < -0.4 is 15.4 Å². The molecule has 188 valence electrons. The average Bonchev–Trinajstić information content (AvgIpc) is 2.86. The summed E-state index contributed by atoms with van der Waals surface area (Å²) >= 11 is 0. The van der Waals surface area contributed by atoms with Crippen molar-refractivity contribution in [2.45, 2.75) is 40.0 Å². The van der Waals surface area contributed by atoms with E-state index in [-0.39, 0.29) is 29.3 Å². The Morgan fingerprint density at radius 2 is 2.03 bits per heavy atom. The van der Waals surface area contributed by atoms with Gasteiger partial charge in [-0.2, -0.15) is 9.97 Å². The maximum atomic E-state index is 14.7. The largest absolute Gasteiger partial charge is 0.508 e. The molecule has 0 amide bonds. The Kier molecular flexibility index (Phi) is 7.65. The minimum Gasteiger partial charge on any atom is -0.508 e. The molecule has 0 aliphatic carbocycles. The van der Waals surface area contributed by atoms with Crippen molar-refractivity contribution >= 4 is 47.8 Å². The van der Waals surface area contributed by atoms with E-state index in [1.165, 1.54) is 13.2 Å². The second-order valence-corrected chi connectivity index (χ2v) is 9.37. The smallest absolute Gasteiger partial charge is 0.318 e. The number of aromatic nitrogens is 3. The van der Waals surface area contributed by atoms with E-state index < -0.39 is 0 Å². The fourth-order valence-electron chi connectivity index (χ4n) is 4.58. The van der Waals surface area contributed by atoms with E-state index >= 15 is 0 Å². The standard InChI is InChI=1S/C27H30FN4O3P/c1-5-7-16(14(3)33)12-30-26-20-13-29-23(25(36)24(20)31-27(32-26)35-4)19-11-17(34)10-15-8-9-21(28)18(6-2)22(15)19/h8-11,13,16,34H,5-7,12,36H2,1-4H3,(H,30,31,32). The minimum absolute atomic E-state index is 0.0614. The van der Waals surface area contributed by atoms with Crippen molar-refractivity contribution in [2.24, 2.45) is 5.92 Å². The van der Waals surface area contributed by atoms with Crippen molar-refractivity contribution in [3.05, 3.63) is 41.8 Å². The number of fused-ring (bicyclic) bond motifs is 2. The summed E-state index contributed by atoms with van der Waals surface area (Å²) in [4.78, 5) is 25.8. The van der Waals surface area contributed by atoms with Gasteiger partial charge in [0, 0.05) is 29.5 Å². The number of pyridine rings is 1. The number of nitrogens with one attached hydrogen (secondary N) is 1. The Morgan fingerprint density at radius 3 is 2.69 bits per heavy atom. The maximum absolute atomic E-state index is 14.7. The monoisotopic (exact) mass is 508 g/mol. The van der Waals surface area contributed by atoms with Gasteiger partial charge in [0.05, 0.1) is 23.7 Å². The number of Topliss-reactive ketones (excluding diaryl/α,β-unsaturated/α-hetero) is 1. The normalized spacial score (nSPS) is 12.2. The van der Waals surface area contributed by atoms with Crippen LogP contribution in [-0.4, -0.2) is 39.5 Å². The summed E-state index contributed by atoms with van der Waals surface area (Å²) in [5.74, 6) is 0.270. The van der Waals surface area contributed by atoms with E-state index in [2.05, 4.69) is 24.5 Å². The van der Waals surface area contributed by atoms with Crippen molar-refractivity contribution in [2.75, 3.05) is 19.0 Å². The second kappa shape index (κ2) is 10.7. The zero-order valence-electron chi connectivity index (χ0n) is 20.9. The number of ketones is 1. The number of aromatic hydroxyl groups is 1. The number of phenols is 1. The van der Waals surface area contributed by atoms with Crippen LogP contribution in [0.15, 0.2) is 30.5 Å². The molecule has 7 nitrogen and oxygen atoms in total. The number of anilines is 1. The number of benzene rings is 2. The van der Waals surface area contributed by atoms with Gasteiger partial charge in [0.1, 0.15) is 23.2 Å². The third-order valence-corrected chi connectivity index (χ3v) is 6.98. The molecular formula is C27H30FN4O3P. The Labute approximate surface area is 211 Å². The second-order valence-electron chi connectivity index (χ2n) is 8.79. The van der Waals surface area contributed by atoms with Crippen molar-refractivity contribution in [3.8, 4) is 23.0 Å². The molecule has 36 heavy (non-hydrogen) atoms. The molecule has 0 saturated carbocycles. The number of carbonyl (C=O) groups excluding carboxylic acids is 1. The Bertz CT molecular complexity index is 1460. The van der Waals surface area contributed by atoms with Gasteiger partial charge in [0.25, 0.3) is 0 Å². The molecule has 2 N–H and O–H groups in total. The molecule has 2 unspecified atom stereocenters. The van der Waals surface area contributed by atoms with E-state index in [0.29, 0.717) is 57.2 Å². The summed E-state index contributed by atoms with van der Waals surface area (Å²) in [7, 11) is 4.16. The molecule has 0 aliphatic rings. The Balaban J connectivity index is 1.91. The molecule has 0 fully saturated rings. The van der Waals surface area contributed by atoms with Gasteiger partial charge in [0.2, 0.25) is 0 Å². The highest BCUT2D eigenvalue weighted by atomic mass is 31.0. The number of nitrogens with zero attached hydrogens (tertiary/aromatic N) is 3. The number of methoxy groups -OCH3 is 1. The summed E-state index contributed by atoms with van der Waals surface area (Å²) in [6, 6.07) is 6.47. The Morgan fingerprint density at radius 1 is 1.25 bits per heavy atom. The fourth-order valence-corrected chi connectivity index (χ4v) is 5.03. The van der Waals surface area contributed by atoms with Crippen LogP contribution in [0.5, 0.6) is 11.8 Å². The number of rotatable bonds is 9. The molecule has 4 rings (SSSR count). The van der Waals surface area contributed by atoms with Gasteiger partial charge in [-0.3, -0.25) is 9.78 Å². The van der Waals surface area contributed by atoms with Crippen molar-refractivity contribution in [1.29, 1.82) is 0 Å². The molecule has 2 aromatic carbocycles. The fraction of sp³-hybridized carbons (Fsp3) is 0.333. The molecule has 4 aromatic rings.